The van der Waals surface area contributed by atoms with Crippen LogP contribution in [0, 0.1) is 11.7 Å². The Bertz CT molecular complexity index is 452. The van der Waals surface area contributed by atoms with E-state index in [-0.39, 0.29) is 17.3 Å². The summed E-state index contributed by atoms with van der Waals surface area (Å²) in [5, 5.41) is 0. The number of benzene rings is 1. The van der Waals surface area contributed by atoms with Crippen LogP contribution in [0.3, 0.4) is 0 Å². The summed E-state index contributed by atoms with van der Waals surface area (Å²) < 4.78 is 19.0. The normalized spacial score (nSPS) is 18.2. The van der Waals surface area contributed by atoms with Gasteiger partial charge < -0.3 is 10.5 Å². The summed E-state index contributed by atoms with van der Waals surface area (Å²) in [5.41, 5.74) is 7.12. The van der Waals surface area contributed by atoms with Gasteiger partial charge in [-0.2, -0.15) is 0 Å². The van der Waals surface area contributed by atoms with Gasteiger partial charge in [0.15, 0.2) is 0 Å². The quantitative estimate of drug-likeness (QED) is 0.883. The predicted octanol–water partition coefficient (Wildman–Crippen LogP) is 4.02. The topological polar surface area (TPSA) is 35.2 Å². The third-order valence-corrected chi connectivity index (χ3v) is 4.64. The molecule has 1 saturated carbocycles. The van der Waals surface area contributed by atoms with E-state index in [0.717, 1.165) is 17.7 Å². The molecule has 3 heteroatoms. The lowest BCUT2D eigenvalue weighted by atomic mass is 9.76. The van der Waals surface area contributed by atoms with Crippen LogP contribution in [0.25, 0.3) is 0 Å². The van der Waals surface area contributed by atoms with E-state index in [1.165, 1.54) is 31.7 Å². The van der Waals surface area contributed by atoms with E-state index in [1.54, 1.807) is 19.2 Å². The molecule has 0 spiro atoms. The third kappa shape index (κ3) is 3.32. The highest BCUT2D eigenvalue weighted by molar-refractivity contribution is 5.39. The number of hydrogen-bond acceptors (Lipinski definition) is 2. The van der Waals surface area contributed by atoms with Crippen molar-refractivity contribution in [1.29, 1.82) is 0 Å². The molecule has 1 fully saturated rings. The van der Waals surface area contributed by atoms with Crippen molar-refractivity contribution in [2.75, 3.05) is 7.11 Å². The fourth-order valence-electron chi connectivity index (χ4n) is 3.46. The first-order chi connectivity index (χ1) is 9.44. The first kappa shape index (κ1) is 15.3. The largest absolute Gasteiger partial charge is 0.496 e. The van der Waals surface area contributed by atoms with Crippen LogP contribution >= 0.6 is 0 Å². The van der Waals surface area contributed by atoms with Gasteiger partial charge in [-0.1, -0.05) is 26.7 Å². The van der Waals surface area contributed by atoms with Crippen molar-refractivity contribution < 1.29 is 9.13 Å². The molecule has 0 amide bonds. The molecule has 0 bridgehead atoms. The average molecular weight is 279 g/mol. The van der Waals surface area contributed by atoms with Crippen molar-refractivity contribution in [3.8, 4) is 5.75 Å². The molecule has 0 saturated heterocycles. The van der Waals surface area contributed by atoms with Gasteiger partial charge in [-0.15, -0.1) is 0 Å². The second kappa shape index (κ2) is 6.13. The van der Waals surface area contributed by atoms with Crippen LogP contribution in [-0.4, -0.2) is 13.2 Å². The van der Waals surface area contributed by atoms with Crippen molar-refractivity contribution in [1.82, 2.24) is 0 Å². The molecule has 1 aromatic carbocycles. The summed E-state index contributed by atoms with van der Waals surface area (Å²) >= 11 is 0. The smallest absolute Gasteiger partial charge is 0.123 e. The van der Waals surface area contributed by atoms with Crippen molar-refractivity contribution in [2.45, 2.75) is 57.4 Å². The Morgan fingerprint density at radius 3 is 2.60 bits per heavy atom. The lowest BCUT2D eigenvalue weighted by Gasteiger charge is -2.32. The summed E-state index contributed by atoms with van der Waals surface area (Å²) in [4.78, 5) is 0. The highest BCUT2D eigenvalue weighted by Crippen LogP contribution is 2.38. The Hall–Kier alpha value is -1.09. The van der Waals surface area contributed by atoms with Crippen molar-refractivity contribution in [3.05, 3.63) is 29.6 Å². The van der Waals surface area contributed by atoms with Gasteiger partial charge in [-0.05, 0) is 48.8 Å². The van der Waals surface area contributed by atoms with Gasteiger partial charge >= 0.3 is 0 Å². The van der Waals surface area contributed by atoms with Crippen molar-refractivity contribution in [3.63, 3.8) is 0 Å². The van der Waals surface area contributed by atoms with Crippen LogP contribution in [0.15, 0.2) is 18.2 Å². The maximum atomic E-state index is 13.6. The minimum Gasteiger partial charge on any atom is -0.496 e. The molecule has 2 nitrogen and oxygen atoms in total. The minimum atomic E-state index is -0.219. The molecule has 0 heterocycles. The third-order valence-electron chi connectivity index (χ3n) is 4.64. The number of methoxy groups -OCH3 is 1. The standard InChI is InChI=1S/C17H26FNO/c1-17(2,11-15(19)12-6-4-5-7-12)14-10-13(18)8-9-16(14)20-3/h8-10,12,15H,4-7,11,19H2,1-3H3. The lowest BCUT2D eigenvalue weighted by molar-refractivity contribution is 0.323. The average Bonchev–Trinajstić information content (AvgIpc) is 2.92. The van der Waals surface area contributed by atoms with Crippen LogP contribution in [0.2, 0.25) is 0 Å². The molecular weight excluding hydrogens is 253 g/mol. The van der Waals surface area contributed by atoms with Crippen LogP contribution in [0.5, 0.6) is 5.75 Å². The first-order valence-corrected chi connectivity index (χ1v) is 7.53. The van der Waals surface area contributed by atoms with E-state index >= 15 is 0 Å². The summed E-state index contributed by atoms with van der Waals surface area (Å²) in [6.07, 6.45) is 5.91. The number of rotatable bonds is 5. The zero-order valence-electron chi connectivity index (χ0n) is 12.8. The predicted molar refractivity (Wildman–Crippen MR) is 80.5 cm³/mol. The van der Waals surface area contributed by atoms with E-state index in [2.05, 4.69) is 13.8 Å². The van der Waals surface area contributed by atoms with Gasteiger partial charge in [0.05, 0.1) is 7.11 Å². The fourth-order valence-corrected chi connectivity index (χ4v) is 3.46. The maximum absolute atomic E-state index is 13.6. The van der Waals surface area contributed by atoms with E-state index in [0.29, 0.717) is 5.92 Å². The zero-order chi connectivity index (χ0) is 14.8. The fraction of sp³-hybridized carbons (Fsp3) is 0.647. The molecule has 1 aromatic rings. The molecule has 1 aliphatic carbocycles. The van der Waals surface area contributed by atoms with Crippen LogP contribution in [-0.2, 0) is 5.41 Å². The highest BCUT2D eigenvalue weighted by Gasteiger charge is 2.31. The molecule has 1 atom stereocenters. The van der Waals surface area contributed by atoms with E-state index in [9.17, 15) is 4.39 Å². The summed E-state index contributed by atoms with van der Waals surface area (Å²) in [5.74, 6) is 1.15. The molecule has 1 unspecified atom stereocenters. The number of ether oxygens (including phenoxy) is 1. The summed E-state index contributed by atoms with van der Waals surface area (Å²) in [6, 6.07) is 4.91. The molecule has 0 aliphatic heterocycles. The minimum absolute atomic E-state index is 0.181. The molecule has 0 radical (unpaired) electrons. The summed E-state index contributed by atoms with van der Waals surface area (Å²) in [6.45, 7) is 4.25. The number of halogens is 1. The molecule has 0 aromatic heterocycles. The van der Waals surface area contributed by atoms with Crippen LogP contribution in [0.4, 0.5) is 4.39 Å². The van der Waals surface area contributed by atoms with Gasteiger partial charge in [0, 0.05) is 11.6 Å². The van der Waals surface area contributed by atoms with E-state index < -0.39 is 0 Å². The van der Waals surface area contributed by atoms with Gasteiger partial charge in [-0.25, -0.2) is 4.39 Å². The van der Waals surface area contributed by atoms with Crippen molar-refractivity contribution in [2.24, 2.45) is 11.7 Å². The molecule has 2 rings (SSSR count). The van der Waals surface area contributed by atoms with Gasteiger partial charge in [0.2, 0.25) is 0 Å². The Kier molecular flexibility index (Phi) is 4.69. The molecule has 2 N–H and O–H groups in total. The van der Waals surface area contributed by atoms with Crippen LogP contribution in [0.1, 0.15) is 51.5 Å². The molecule has 20 heavy (non-hydrogen) atoms. The Labute approximate surface area is 121 Å². The number of hydrogen-bond donors (Lipinski definition) is 1. The molecule has 1 aliphatic rings. The molecular formula is C17H26FNO. The monoisotopic (exact) mass is 279 g/mol. The van der Waals surface area contributed by atoms with Gasteiger partial charge in [-0.3, -0.25) is 0 Å². The zero-order valence-corrected chi connectivity index (χ0v) is 12.8. The van der Waals surface area contributed by atoms with E-state index in [1.807, 2.05) is 0 Å². The first-order valence-electron chi connectivity index (χ1n) is 7.53. The Morgan fingerprint density at radius 1 is 1.35 bits per heavy atom. The highest BCUT2D eigenvalue weighted by atomic mass is 19.1. The van der Waals surface area contributed by atoms with Crippen molar-refractivity contribution >= 4 is 0 Å². The lowest BCUT2D eigenvalue weighted by Crippen LogP contribution is -2.35. The second-order valence-electron chi connectivity index (χ2n) is 6.64. The summed E-state index contributed by atoms with van der Waals surface area (Å²) in [7, 11) is 1.63. The Balaban J connectivity index is 2.18. The van der Waals surface area contributed by atoms with E-state index in [4.69, 9.17) is 10.5 Å². The molecule has 112 valence electrons. The second-order valence-corrected chi connectivity index (χ2v) is 6.64. The maximum Gasteiger partial charge on any atom is 0.123 e. The number of nitrogens with two attached hydrogens (primary N) is 1. The van der Waals surface area contributed by atoms with Gasteiger partial charge in [0.25, 0.3) is 0 Å². The van der Waals surface area contributed by atoms with Crippen LogP contribution < -0.4 is 10.5 Å². The Morgan fingerprint density at radius 2 is 2.00 bits per heavy atom. The van der Waals surface area contributed by atoms with Gasteiger partial charge in [0.1, 0.15) is 11.6 Å². The SMILES string of the molecule is COc1ccc(F)cc1C(C)(C)CC(N)C1CCCC1.